The maximum Gasteiger partial charge on any atom is 0.329 e. The monoisotopic (exact) mass is 389 g/mol. The molecule has 0 bridgehead atoms. The second-order valence-corrected chi connectivity index (χ2v) is 6.42. The lowest BCUT2D eigenvalue weighted by atomic mass is 10.2. The van der Waals surface area contributed by atoms with Crippen molar-refractivity contribution in [3.63, 3.8) is 0 Å². The summed E-state index contributed by atoms with van der Waals surface area (Å²) in [5.41, 5.74) is 0.0900. The molecule has 10 nitrogen and oxygen atoms in total. The summed E-state index contributed by atoms with van der Waals surface area (Å²) in [6, 6.07) is 7.45. The van der Waals surface area contributed by atoms with E-state index in [1.54, 1.807) is 0 Å². The number of rotatable bonds is 8. The third kappa shape index (κ3) is 3.92. The number of ether oxygens (including phenoxy) is 1. The van der Waals surface area contributed by atoms with E-state index in [1.165, 1.54) is 16.2 Å². The summed E-state index contributed by atoms with van der Waals surface area (Å²) in [6.07, 6.45) is -0.941. The third-order valence-electron chi connectivity index (χ3n) is 4.32. The van der Waals surface area contributed by atoms with Crippen molar-refractivity contribution in [3.8, 4) is 5.75 Å². The number of fused-ring (bicyclic) bond motifs is 1. The van der Waals surface area contributed by atoms with E-state index < -0.39 is 17.4 Å². The van der Waals surface area contributed by atoms with Gasteiger partial charge in [0.25, 0.3) is 5.56 Å². The minimum atomic E-state index is -0.941. The molecule has 0 aliphatic carbocycles. The van der Waals surface area contributed by atoms with Crippen LogP contribution in [0, 0.1) is 6.92 Å². The van der Waals surface area contributed by atoms with Crippen molar-refractivity contribution in [2.75, 3.05) is 25.1 Å². The Labute approximate surface area is 160 Å². The van der Waals surface area contributed by atoms with Crippen LogP contribution in [0.2, 0.25) is 0 Å². The Hall–Kier alpha value is -3.11. The van der Waals surface area contributed by atoms with E-state index in [0.29, 0.717) is 5.75 Å². The van der Waals surface area contributed by atoms with Crippen molar-refractivity contribution in [1.29, 1.82) is 0 Å². The van der Waals surface area contributed by atoms with Crippen molar-refractivity contribution in [2.24, 2.45) is 7.05 Å². The number of H-pyrrole nitrogens is 1. The Balaban J connectivity index is 1.90. The average molecular weight is 389 g/mol. The fourth-order valence-electron chi connectivity index (χ4n) is 2.88. The molecule has 0 amide bonds. The van der Waals surface area contributed by atoms with Crippen molar-refractivity contribution in [2.45, 2.75) is 19.6 Å². The van der Waals surface area contributed by atoms with Gasteiger partial charge in [0.05, 0.1) is 13.2 Å². The van der Waals surface area contributed by atoms with E-state index in [4.69, 9.17) is 9.84 Å². The smallest absolute Gasteiger partial charge is 0.329 e. The van der Waals surface area contributed by atoms with Gasteiger partial charge in [0.2, 0.25) is 5.95 Å². The van der Waals surface area contributed by atoms with Gasteiger partial charge in [-0.15, -0.1) is 0 Å². The maximum absolute atomic E-state index is 12.3. The van der Waals surface area contributed by atoms with Crippen molar-refractivity contribution in [3.05, 3.63) is 50.7 Å². The molecule has 1 atom stereocenters. The van der Waals surface area contributed by atoms with Gasteiger partial charge in [-0.05, 0) is 18.6 Å². The van der Waals surface area contributed by atoms with Crippen LogP contribution in [0.25, 0.3) is 11.2 Å². The number of aryl methyl sites for hydroxylation is 2. The van der Waals surface area contributed by atoms with Gasteiger partial charge in [-0.2, -0.15) is 4.98 Å². The largest absolute Gasteiger partial charge is 0.491 e. The zero-order chi connectivity index (χ0) is 20.3. The lowest BCUT2D eigenvalue weighted by Crippen LogP contribution is -2.31. The molecule has 0 unspecified atom stereocenters. The summed E-state index contributed by atoms with van der Waals surface area (Å²) in [4.78, 5) is 30.7. The highest BCUT2D eigenvalue weighted by atomic mass is 16.5. The second kappa shape index (κ2) is 8.28. The molecule has 2 aromatic heterocycles. The second-order valence-electron chi connectivity index (χ2n) is 6.42. The number of benzene rings is 1. The predicted octanol–water partition coefficient (Wildman–Crippen LogP) is -0.424. The minimum Gasteiger partial charge on any atom is -0.491 e. The highest BCUT2D eigenvalue weighted by Crippen LogP contribution is 2.18. The Morgan fingerprint density at radius 3 is 2.79 bits per heavy atom. The quantitative estimate of drug-likeness (QED) is 0.411. The predicted molar refractivity (Wildman–Crippen MR) is 104 cm³/mol. The highest BCUT2D eigenvalue weighted by molar-refractivity contribution is 5.74. The first kappa shape index (κ1) is 19.6. The van der Waals surface area contributed by atoms with Crippen LogP contribution >= 0.6 is 0 Å². The van der Waals surface area contributed by atoms with E-state index in [-0.39, 0.29) is 43.4 Å². The Morgan fingerprint density at radius 1 is 1.32 bits per heavy atom. The number of anilines is 1. The number of aliphatic hydroxyl groups excluding tert-OH is 2. The van der Waals surface area contributed by atoms with Crippen LogP contribution < -0.4 is 21.3 Å². The number of hydrogen-bond acceptors (Lipinski definition) is 7. The van der Waals surface area contributed by atoms with Crippen LogP contribution in [0.15, 0.2) is 33.9 Å². The lowest BCUT2D eigenvalue weighted by Gasteiger charge is -2.16. The van der Waals surface area contributed by atoms with Gasteiger partial charge >= 0.3 is 5.69 Å². The van der Waals surface area contributed by atoms with Gasteiger partial charge in [0.15, 0.2) is 11.2 Å². The number of aromatic nitrogens is 4. The normalized spacial score (nSPS) is 12.3. The molecular formula is C18H23N5O5. The van der Waals surface area contributed by atoms with Gasteiger partial charge in [-0.1, -0.05) is 18.2 Å². The Kier molecular flexibility index (Phi) is 5.81. The molecule has 0 spiro atoms. The van der Waals surface area contributed by atoms with E-state index in [1.807, 2.05) is 31.2 Å². The molecule has 0 fully saturated rings. The topological polar surface area (TPSA) is 134 Å². The van der Waals surface area contributed by atoms with Crippen LogP contribution in [0.4, 0.5) is 5.95 Å². The molecule has 0 saturated heterocycles. The first-order valence-electron chi connectivity index (χ1n) is 8.83. The minimum absolute atomic E-state index is 0.00757. The summed E-state index contributed by atoms with van der Waals surface area (Å²) < 4.78 is 8.37. The van der Waals surface area contributed by atoms with E-state index in [0.717, 1.165) is 5.56 Å². The summed E-state index contributed by atoms with van der Waals surface area (Å²) in [6.45, 7) is 1.98. The molecular weight excluding hydrogens is 366 g/mol. The molecule has 0 aliphatic heterocycles. The summed E-state index contributed by atoms with van der Waals surface area (Å²) in [5, 5.41) is 22.4. The molecule has 2 heterocycles. The van der Waals surface area contributed by atoms with Crippen LogP contribution in [-0.2, 0) is 13.6 Å². The number of nitrogens with one attached hydrogen (secondary N) is 2. The van der Waals surface area contributed by atoms with Crippen molar-refractivity contribution >= 4 is 17.1 Å². The van der Waals surface area contributed by atoms with E-state index in [9.17, 15) is 14.7 Å². The lowest BCUT2D eigenvalue weighted by molar-refractivity contribution is 0.0935. The standard InChI is InChI=1S/C18H23N5O5/c1-11-5-3-4-6-13(11)28-10-12(25)9-23-14-15(20-17(23)19-7-8-24)22(2)18(27)21-16(14)26/h3-6,12,24-25H,7-10H2,1-2H3,(H,19,20)(H,21,26,27)/t12-/m0/s1. The number of hydrogen-bond donors (Lipinski definition) is 4. The fourth-order valence-corrected chi connectivity index (χ4v) is 2.88. The number of para-hydroxylation sites is 1. The van der Waals surface area contributed by atoms with E-state index >= 15 is 0 Å². The van der Waals surface area contributed by atoms with Gasteiger partial charge in [-0.25, -0.2) is 4.79 Å². The van der Waals surface area contributed by atoms with Crippen LogP contribution in [0.5, 0.6) is 5.75 Å². The van der Waals surface area contributed by atoms with Crippen molar-refractivity contribution < 1.29 is 14.9 Å². The van der Waals surface area contributed by atoms with Gasteiger partial charge in [-0.3, -0.25) is 14.3 Å². The molecule has 28 heavy (non-hydrogen) atoms. The maximum atomic E-state index is 12.3. The van der Waals surface area contributed by atoms with E-state index in [2.05, 4.69) is 15.3 Å². The molecule has 150 valence electrons. The first-order chi connectivity index (χ1) is 13.4. The molecule has 0 saturated carbocycles. The molecule has 1 aromatic carbocycles. The van der Waals surface area contributed by atoms with Crippen LogP contribution in [0.1, 0.15) is 5.56 Å². The number of aliphatic hydroxyl groups is 2. The molecule has 3 rings (SSSR count). The number of imidazole rings is 1. The zero-order valence-corrected chi connectivity index (χ0v) is 15.7. The Morgan fingerprint density at radius 2 is 2.07 bits per heavy atom. The molecule has 4 N–H and O–H groups in total. The fraction of sp³-hybridized carbons (Fsp3) is 0.389. The van der Waals surface area contributed by atoms with Gasteiger partial charge < -0.3 is 24.8 Å². The average Bonchev–Trinajstić information content (AvgIpc) is 3.02. The zero-order valence-electron chi connectivity index (χ0n) is 15.7. The molecule has 0 aliphatic rings. The van der Waals surface area contributed by atoms with Crippen LogP contribution in [0.3, 0.4) is 0 Å². The summed E-state index contributed by atoms with van der Waals surface area (Å²) in [7, 11) is 1.49. The Bertz CT molecular complexity index is 1080. The van der Waals surface area contributed by atoms with Gasteiger partial charge in [0, 0.05) is 13.6 Å². The van der Waals surface area contributed by atoms with Gasteiger partial charge in [0.1, 0.15) is 18.5 Å². The molecule has 0 radical (unpaired) electrons. The highest BCUT2D eigenvalue weighted by Gasteiger charge is 2.19. The molecule has 3 aromatic rings. The third-order valence-corrected chi connectivity index (χ3v) is 4.32. The number of nitrogens with zero attached hydrogens (tertiary/aromatic N) is 3. The van der Waals surface area contributed by atoms with Crippen molar-refractivity contribution in [1.82, 2.24) is 19.1 Å². The summed E-state index contributed by atoms with van der Waals surface area (Å²) in [5.74, 6) is 0.932. The SMILES string of the molecule is Cc1ccccc1OC[C@@H](O)Cn1c(NCCO)nc2c1c(=O)[nH]c(=O)n2C. The summed E-state index contributed by atoms with van der Waals surface area (Å²) >= 11 is 0. The first-order valence-corrected chi connectivity index (χ1v) is 8.83. The molecule has 10 heteroatoms. The van der Waals surface area contributed by atoms with Crippen LogP contribution in [-0.4, -0.2) is 55.2 Å². The number of aromatic amines is 1.